The molecule has 2 atom stereocenters. The number of aliphatic hydroxyl groups is 1. The number of nitrogens with zero attached hydrogens (tertiary/aromatic N) is 1. The van der Waals surface area contributed by atoms with E-state index in [0.717, 1.165) is 24.1 Å². The molecule has 2 unspecified atom stereocenters. The van der Waals surface area contributed by atoms with Crippen molar-refractivity contribution in [1.29, 1.82) is 0 Å². The van der Waals surface area contributed by atoms with E-state index in [0.29, 0.717) is 31.0 Å². The molecule has 1 heterocycles. The minimum Gasteiger partial charge on any atom is -0.508 e. The van der Waals surface area contributed by atoms with Crippen LogP contribution in [-0.4, -0.2) is 64.4 Å². The molecule has 3 rings (SSSR count). The number of phenols is 2. The van der Waals surface area contributed by atoms with Crippen LogP contribution in [0.4, 0.5) is 0 Å². The number of β-amino-alcohol motifs (C(OH)–C–C–N with tert-alkyl or cyclic N) is 1. The summed E-state index contributed by atoms with van der Waals surface area (Å²) in [5.74, 6) is -0.118. The largest absolute Gasteiger partial charge is 0.508 e. The molecule has 0 aliphatic carbocycles. The fraction of sp³-hybridized carbons (Fsp3) is 0.519. The predicted octanol–water partition coefficient (Wildman–Crippen LogP) is 2.89. The Morgan fingerprint density at radius 1 is 1.15 bits per heavy atom. The van der Waals surface area contributed by atoms with Crippen LogP contribution in [0.25, 0.3) is 0 Å². The van der Waals surface area contributed by atoms with E-state index in [9.17, 15) is 20.1 Å². The monoisotopic (exact) mass is 469 g/mol. The van der Waals surface area contributed by atoms with Crippen molar-refractivity contribution in [2.75, 3.05) is 26.7 Å². The van der Waals surface area contributed by atoms with Gasteiger partial charge in [0.1, 0.15) is 11.5 Å². The summed E-state index contributed by atoms with van der Waals surface area (Å²) in [6.07, 6.45) is 3.67. The van der Waals surface area contributed by atoms with E-state index in [2.05, 4.69) is 42.5 Å². The molecule has 1 saturated heterocycles. The van der Waals surface area contributed by atoms with Crippen molar-refractivity contribution in [3.05, 3.63) is 59.2 Å². The van der Waals surface area contributed by atoms with Crippen LogP contribution >= 0.6 is 0 Å². The SMILES string of the molecule is CN1CCCC1CCNC(=O)Cc1cccc(CC(C)(C)NCC(O)c2cc(O)cc(O)c2)c1. The molecule has 186 valence electrons. The number of amides is 1. The van der Waals surface area contributed by atoms with Gasteiger partial charge in [0.05, 0.1) is 12.5 Å². The quantitative estimate of drug-likeness (QED) is 0.347. The second kappa shape index (κ2) is 11.7. The third-order valence-electron chi connectivity index (χ3n) is 6.56. The molecule has 0 bridgehead atoms. The number of phenolic OH excluding ortho intramolecular Hbond substituents is 2. The molecule has 2 aromatic carbocycles. The Morgan fingerprint density at radius 3 is 2.53 bits per heavy atom. The molecular weight excluding hydrogens is 430 g/mol. The van der Waals surface area contributed by atoms with Gasteiger partial charge < -0.3 is 30.9 Å². The summed E-state index contributed by atoms with van der Waals surface area (Å²) in [7, 11) is 2.15. The topological polar surface area (TPSA) is 105 Å². The van der Waals surface area contributed by atoms with Crippen LogP contribution in [0.5, 0.6) is 11.5 Å². The third-order valence-corrected chi connectivity index (χ3v) is 6.56. The smallest absolute Gasteiger partial charge is 0.224 e. The maximum absolute atomic E-state index is 12.4. The molecule has 0 spiro atoms. The van der Waals surface area contributed by atoms with Gasteiger partial charge in [-0.15, -0.1) is 0 Å². The molecule has 7 heteroatoms. The van der Waals surface area contributed by atoms with Crippen LogP contribution in [0.15, 0.2) is 42.5 Å². The number of carbonyl (C=O) groups excluding carboxylic acids is 1. The average Bonchev–Trinajstić information content (AvgIpc) is 3.16. The van der Waals surface area contributed by atoms with Crippen LogP contribution in [0.1, 0.15) is 55.9 Å². The van der Waals surface area contributed by atoms with E-state index in [-0.39, 0.29) is 29.5 Å². The lowest BCUT2D eigenvalue weighted by Gasteiger charge is -2.28. The molecule has 1 fully saturated rings. The van der Waals surface area contributed by atoms with Gasteiger partial charge in [-0.05, 0) is 81.9 Å². The number of likely N-dealkylation sites (tertiary alicyclic amines) is 1. The van der Waals surface area contributed by atoms with Gasteiger partial charge in [-0.25, -0.2) is 0 Å². The molecule has 0 radical (unpaired) electrons. The number of benzene rings is 2. The van der Waals surface area contributed by atoms with Gasteiger partial charge in [-0.3, -0.25) is 4.79 Å². The molecule has 34 heavy (non-hydrogen) atoms. The van der Waals surface area contributed by atoms with Crippen molar-refractivity contribution in [3.8, 4) is 11.5 Å². The first-order valence-corrected chi connectivity index (χ1v) is 12.1. The Kier molecular flexibility index (Phi) is 8.94. The lowest BCUT2D eigenvalue weighted by Crippen LogP contribution is -2.43. The van der Waals surface area contributed by atoms with Crippen LogP contribution in [-0.2, 0) is 17.6 Å². The van der Waals surface area contributed by atoms with Crippen LogP contribution in [0.3, 0.4) is 0 Å². The Labute approximate surface area is 202 Å². The standard InChI is InChI=1S/C27H39N3O4/c1-27(2,29-18-25(33)21-14-23(31)16-24(32)15-21)17-20-7-4-6-19(12-20)13-26(34)28-10-9-22-8-5-11-30(22)3/h4,6-7,12,14-16,22,25,29,31-33H,5,8-11,13,17-18H2,1-3H3,(H,28,34). The number of aromatic hydroxyl groups is 2. The maximum Gasteiger partial charge on any atom is 0.224 e. The van der Waals surface area contributed by atoms with Crippen molar-refractivity contribution in [1.82, 2.24) is 15.5 Å². The lowest BCUT2D eigenvalue weighted by atomic mass is 9.93. The first kappa shape index (κ1) is 26.0. The van der Waals surface area contributed by atoms with Gasteiger partial charge in [0, 0.05) is 30.7 Å². The van der Waals surface area contributed by atoms with Crippen molar-refractivity contribution in [3.63, 3.8) is 0 Å². The molecular formula is C27H39N3O4. The number of nitrogens with one attached hydrogen (secondary N) is 2. The van der Waals surface area contributed by atoms with E-state index >= 15 is 0 Å². The molecule has 1 aliphatic rings. The summed E-state index contributed by atoms with van der Waals surface area (Å²) < 4.78 is 0. The molecule has 7 nitrogen and oxygen atoms in total. The third kappa shape index (κ3) is 8.01. The number of aliphatic hydroxyl groups excluding tert-OH is 1. The Hall–Kier alpha value is -2.61. The van der Waals surface area contributed by atoms with Crippen molar-refractivity contribution >= 4 is 5.91 Å². The number of hydrogen-bond acceptors (Lipinski definition) is 6. The summed E-state index contributed by atoms with van der Waals surface area (Å²) >= 11 is 0. The Morgan fingerprint density at radius 2 is 1.85 bits per heavy atom. The summed E-state index contributed by atoms with van der Waals surface area (Å²) in [5, 5.41) is 36.2. The van der Waals surface area contributed by atoms with Gasteiger partial charge in [-0.2, -0.15) is 0 Å². The average molecular weight is 470 g/mol. The van der Waals surface area contributed by atoms with E-state index in [4.69, 9.17) is 0 Å². The van der Waals surface area contributed by atoms with Crippen LogP contribution in [0, 0.1) is 0 Å². The van der Waals surface area contributed by atoms with Crippen molar-refractivity contribution in [2.45, 2.75) is 63.6 Å². The first-order chi connectivity index (χ1) is 16.1. The number of hydrogen-bond donors (Lipinski definition) is 5. The van der Waals surface area contributed by atoms with Crippen molar-refractivity contribution in [2.24, 2.45) is 0 Å². The fourth-order valence-corrected chi connectivity index (χ4v) is 4.69. The molecule has 5 N–H and O–H groups in total. The molecule has 0 aromatic heterocycles. The highest BCUT2D eigenvalue weighted by Crippen LogP contribution is 2.25. The summed E-state index contributed by atoms with van der Waals surface area (Å²) in [6.45, 7) is 6.24. The Bertz CT molecular complexity index is 942. The lowest BCUT2D eigenvalue weighted by molar-refractivity contribution is -0.120. The Balaban J connectivity index is 1.47. The highest BCUT2D eigenvalue weighted by atomic mass is 16.3. The second-order valence-electron chi connectivity index (χ2n) is 10.2. The van der Waals surface area contributed by atoms with Gasteiger partial charge in [0.2, 0.25) is 5.91 Å². The zero-order valence-electron chi connectivity index (χ0n) is 20.6. The van der Waals surface area contributed by atoms with Crippen LogP contribution in [0.2, 0.25) is 0 Å². The molecule has 1 aliphatic heterocycles. The molecule has 0 saturated carbocycles. The normalized spacial score (nSPS) is 17.6. The van der Waals surface area contributed by atoms with Gasteiger partial charge in [-0.1, -0.05) is 24.3 Å². The van der Waals surface area contributed by atoms with E-state index in [1.54, 1.807) is 0 Å². The minimum atomic E-state index is -0.865. The minimum absolute atomic E-state index is 0.0488. The maximum atomic E-state index is 12.4. The highest BCUT2D eigenvalue weighted by Gasteiger charge is 2.22. The van der Waals surface area contributed by atoms with Crippen molar-refractivity contribution < 1.29 is 20.1 Å². The zero-order valence-corrected chi connectivity index (χ0v) is 20.6. The van der Waals surface area contributed by atoms with Gasteiger partial charge in [0.15, 0.2) is 0 Å². The molecule has 2 aromatic rings. The van der Waals surface area contributed by atoms with Gasteiger partial charge >= 0.3 is 0 Å². The van der Waals surface area contributed by atoms with Crippen LogP contribution < -0.4 is 10.6 Å². The van der Waals surface area contributed by atoms with E-state index in [1.807, 2.05) is 18.2 Å². The highest BCUT2D eigenvalue weighted by molar-refractivity contribution is 5.78. The summed E-state index contributed by atoms with van der Waals surface area (Å²) in [4.78, 5) is 14.8. The fourth-order valence-electron chi connectivity index (χ4n) is 4.69. The van der Waals surface area contributed by atoms with Gasteiger partial charge in [0.25, 0.3) is 0 Å². The first-order valence-electron chi connectivity index (χ1n) is 12.1. The second-order valence-corrected chi connectivity index (χ2v) is 10.2. The zero-order chi connectivity index (χ0) is 24.7. The molecule has 1 amide bonds. The summed E-state index contributed by atoms with van der Waals surface area (Å²) in [5.41, 5.74) is 2.24. The van der Waals surface area contributed by atoms with E-state index < -0.39 is 6.10 Å². The number of carbonyl (C=O) groups is 1. The summed E-state index contributed by atoms with van der Waals surface area (Å²) in [6, 6.07) is 12.8. The number of rotatable bonds is 11. The predicted molar refractivity (Wildman–Crippen MR) is 134 cm³/mol. The van der Waals surface area contributed by atoms with E-state index in [1.165, 1.54) is 31.0 Å².